The van der Waals surface area contributed by atoms with Crippen molar-refractivity contribution >= 4 is 20.9 Å². The van der Waals surface area contributed by atoms with Crippen LogP contribution in [0.25, 0.3) is 11.3 Å². The average Bonchev–Trinajstić information content (AvgIpc) is 3.54. The van der Waals surface area contributed by atoms with Gasteiger partial charge in [0.05, 0.1) is 23.7 Å². The van der Waals surface area contributed by atoms with Crippen LogP contribution in [0, 0.1) is 0 Å². The van der Waals surface area contributed by atoms with E-state index in [9.17, 15) is 18.8 Å². The van der Waals surface area contributed by atoms with Crippen LogP contribution in [0.3, 0.4) is 0 Å². The second kappa shape index (κ2) is 10.9. The van der Waals surface area contributed by atoms with Gasteiger partial charge in [-0.15, -0.1) is 0 Å². The first kappa shape index (κ1) is 27.8. The van der Waals surface area contributed by atoms with Gasteiger partial charge in [0.15, 0.2) is 8.32 Å². The highest BCUT2D eigenvalue weighted by Crippen LogP contribution is 2.44. The van der Waals surface area contributed by atoms with E-state index >= 15 is 0 Å². The molecule has 0 bridgehead atoms. The van der Waals surface area contributed by atoms with Gasteiger partial charge in [0.25, 0.3) is 0 Å². The normalized spacial score (nSPS) is 14.1. The molecule has 0 spiro atoms. The summed E-state index contributed by atoms with van der Waals surface area (Å²) in [4.78, 5) is 4.55. The number of hydrogen-bond acceptors (Lipinski definition) is 6. The van der Waals surface area contributed by atoms with Gasteiger partial charge in [0, 0.05) is 29.6 Å². The summed E-state index contributed by atoms with van der Waals surface area (Å²) in [5.74, 6) is 0. The van der Waals surface area contributed by atoms with Gasteiger partial charge in [0.1, 0.15) is 6.04 Å². The van der Waals surface area contributed by atoms with E-state index in [1.54, 1.807) is 23.0 Å². The summed E-state index contributed by atoms with van der Waals surface area (Å²) in [7, 11) is -4.00. The molecule has 4 aromatic rings. The minimum Gasteiger partial charge on any atom is -0.423 e. The van der Waals surface area contributed by atoms with Crippen molar-refractivity contribution in [3.63, 3.8) is 0 Å². The highest BCUT2D eigenvalue weighted by molar-refractivity contribution is 6.74. The van der Waals surface area contributed by atoms with E-state index in [2.05, 4.69) is 49.0 Å². The molecule has 4 rings (SSSR count). The zero-order chi connectivity index (χ0) is 27.7. The fourth-order valence-corrected chi connectivity index (χ4v) is 5.20. The second-order valence-electron chi connectivity index (χ2n) is 10.7. The molecule has 0 aliphatic rings. The van der Waals surface area contributed by atoms with Crippen LogP contribution in [0.1, 0.15) is 50.7 Å². The molecule has 38 heavy (non-hydrogen) atoms. The van der Waals surface area contributed by atoms with Gasteiger partial charge >= 0.3 is 13.7 Å². The Morgan fingerprint density at radius 1 is 0.974 bits per heavy atom. The largest absolute Gasteiger partial charge is 0.490 e. The molecule has 8 nitrogen and oxygen atoms in total. The Labute approximate surface area is 222 Å². The van der Waals surface area contributed by atoms with Crippen LogP contribution < -0.4 is 5.46 Å². The molecule has 0 amide bonds. The summed E-state index contributed by atoms with van der Waals surface area (Å²) < 4.78 is 36.4. The standard InChI is InChI=1S/C26H32BF2N5O3Si/c1-26(2,3)38(4,5)37-24(18-9-7-6-8-10-18)23(21-12-11-20(16-30-21)27(35)36)33-17-19(15-32-33)22-13-14-31-34(22)25(28)29/h6-17,23-25,35-36H,1-5H3. The van der Waals surface area contributed by atoms with E-state index in [4.69, 9.17) is 4.43 Å². The van der Waals surface area contributed by atoms with E-state index in [0.717, 1.165) is 5.56 Å². The Bertz CT molecular complexity index is 1340. The highest BCUT2D eigenvalue weighted by Gasteiger charge is 2.42. The van der Waals surface area contributed by atoms with Gasteiger partial charge in [-0.05, 0) is 35.8 Å². The van der Waals surface area contributed by atoms with Crippen LogP contribution in [0.4, 0.5) is 8.78 Å². The summed E-state index contributed by atoms with van der Waals surface area (Å²) in [6.07, 6.45) is 5.40. The van der Waals surface area contributed by atoms with Crippen molar-refractivity contribution in [2.45, 2.75) is 57.6 Å². The highest BCUT2D eigenvalue weighted by atomic mass is 28.4. The fourth-order valence-electron chi connectivity index (χ4n) is 3.95. The molecule has 2 N–H and O–H groups in total. The van der Waals surface area contributed by atoms with Crippen molar-refractivity contribution < 1.29 is 23.3 Å². The van der Waals surface area contributed by atoms with Gasteiger partial charge in [-0.25, -0.2) is 4.68 Å². The summed E-state index contributed by atoms with van der Waals surface area (Å²) in [5, 5.41) is 27.4. The number of halogens is 2. The van der Waals surface area contributed by atoms with E-state index in [-0.39, 0.29) is 16.2 Å². The van der Waals surface area contributed by atoms with Crippen molar-refractivity contribution in [2.24, 2.45) is 0 Å². The SMILES string of the molecule is CC(C)(C)[Si](C)(C)OC(c1ccccc1)C(c1ccc(B(O)O)cn1)n1cc(-c2ccnn2C(F)F)cn1. The van der Waals surface area contributed by atoms with Crippen molar-refractivity contribution in [3.05, 3.63) is 84.6 Å². The monoisotopic (exact) mass is 539 g/mol. The minimum atomic E-state index is -2.79. The molecule has 0 aliphatic heterocycles. The molecule has 3 heterocycles. The summed E-state index contributed by atoms with van der Waals surface area (Å²) in [6.45, 7) is 8.00. The molecule has 0 fully saturated rings. The predicted molar refractivity (Wildman–Crippen MR) is 144 cm³/mol. The number of aromatic nitrogens is 5. The first-order valence-electron chi connectivity index (χ1n) is 12.3. The molecule has 2 atom stereocenters. The number of benzene rings is 1. The van der Waals surface area contributed by atoms with Crippen LogP contribution in [0.5, 0.6) is 0 Å². The molecule has 0 saturated carbocycles. The maximum atomic E-state index is 13.5. The molecular formula is C26H32BF2N5O3Si. The van der Waals surface area contributed by atoms with Crippen LogP contribution >= 0.6 is 0 Å². The Morgan fingerprint density at radius 3 is 2.26 bits per heavy atom. The van der Waals surface area contributed by atoms with Crippen LogP contribution in [0.2, 0.25) is 18.1 Å². The molecule has 0 aliphatic carbocycles. The number of alkyl halides is 2. The second-order valence-corrected chi connectivity index (χ2v) is 15.4. The first-order chi connectivity index (χ1) is 17.9. The maximum absolute atomic E-state index is 13.5. The number of rotatable bonds is 9. The molecular weight excluding hydrogens is 507 g/mol. The number of nitrogens with zero attached hydrogens (tertiary/aromatic N) is 5. The smallest absolute Gasteiger partial charge is 0.423 e. The summed E-state index contributed by atoms with van der Waals surface area (Å²) in [5.41, 5.74) is 2.42. The molecule has 2 unspecified atom stereocenters. The topological polar surface area (TPSA) is 98.2 Å². The summed E-state index contributed by atoms with van der Waals surface area (Å²) >= 11 is 0. The van der Waals surface area contributed by atoms with E-state index in [1.807, 2.05) is 30.3 Å². The van der Waals surface area contributed by atoms with Crippen molar-refractivity contribution in [1.29, 1.82) is 0 Å². The maximum Gasteiger partial charge on any atom is 0.490 e. The Hall–Kier alpha value is -3.19. The molecule has 200 valence electrons. The molecule has 3 aromatic heterocycles. The quantitative estimate of drug-likeness (QED) is 0.303. The van der Waals surface area contributed by atoms with Crippen LogP contribution in [0.15, 0.2) is 73.3 Å². The lowest BCUT2D eigenvalue weighted by molar-refractivity contribution is 0.0585. The van der Waals surface area contributed by atoms with Gasteiger partial charge < -0.3 is 14.5 Å². The summed E-state index contributed by atoms with van der Waals surface area (Å²) in [6, 6.07) is 14.0. The third-order valence-electron chi connectivity index (χ3n) is 7.09. The zero-order valence-electron chi connectivity index (χ0n) is 22.0. The fraction of sp³-hybridized carbons (Fsp3) is 0.346. The zero-order valence-corrected chi connectivity index (χ0v) is 23.0. The predicted octanol–water partition coefficient (Wildman–Crippen LogP) is 4.57. The van der Waals surface area contributed by atoms with Gasteiger partial charge in [-0.3, -0.25) is 9.67 Å². The Morgan fingerprint density at radius 2 is 1.68 bits per heavy atom. The lowest BCUT2D eigenvalue weighted by Crippen LogP contribution is -2.43. The lowest BCUT2D eigenvalue weighted by atomic mass is 9.81. The van der Waals surface area contributed by atoms with E-state index < -0.39 is 34.1 Å². The Balaban J connectivity index is 1.88. The minimum absolute atomic E-state index is 0.0953. The molecule has 0 radical (unpaired) electrons. The van der Waals surface area contributed by atoms with Crippen molar-refractivity contribution in [2.75, 3.05) is 0 Å². The van der Waals surface area contributed by atoms with Crippen LogP contribution in [-0.4, -0.2) is 50.0 Å². The van der Waals surface area contributed by atoms with E-state index in [0.29, 0.717) is 15.9 Å². The Kier molecular flexibility index (Phi) is 7.98. The molecule has 12 heteroatoms. The van der Waals surface area contributed by atoms with Gasteiger partial charge in [0.2, 0.25) is 0 Å². The van der Waals surface area contributed by atoms with Gasteiger partial charge in [-0.1, -0.05) is 57.2 Å². The van der Waals surface area contributed by atoms with Crippen molar-refractivity contribution in [3.8, 4) is 11.3 Å². The third-order valence-corrected chi connectivity index (χ3v) is 11.5. The van der Waals surface area contributed by atoms with E-state index in [1.165, 1.54) is 24.7 Å². The average molecular weight is 539 g/mol. The van der Waals surface area contributed by atoms with Crippen LogP contribution in [-0.2, 0) is 4.43 Å². The third kappa shape index (κ3) is 5.78. The first-order valence-corrected chi connectivity index (χ1v) is 15.2. The van der Waals surface area contributed by atoms with Gasteiger partial charge in [-0.2, -0.15) is 19.0 Å². The van der Waals surface area contributed by atoms with Crippen molar-refractivity contribution in [1.82, 2.24) is 24.5 Å². The number of pyridine rings is 1. The number of hydrogen-bond donors (Lipinski definition) is 2. The molecule has 1 aromatic carbocycles. The lowest BCUT2D eigenvalue weighted by Gasteiger charge is -2.41. The molecule has 0 saturated heterocycles.